The van der Waals surface area contributed by atoms with Crippen LogP contribution in [-0.4, -0.2) is 0 Å². The van der Waals surface area contributed by atoms with Gasteiger partial charge in [0.05, 0.1) is 0 Å². The van der Waals surface area contributed by atoms with Crippen molar-refractivity contribution in [2.45, 2.75) is 20.0 Å². The van der Waals surface area contributed by atoms with Crippen molar-refractivity contribution < 1.29 is 0 Å². The van der Waals surface area contributed by atoms with Crippen LogP contribution in [0.3, 0.4) is 0 Å². The first-order valence-electron chi connectivity index (χ1n) is 5.97. The number of nitrogens with two attached hydrogens (primary N) is 1. The van der Waals surface area contributed by atoms with Crippen LogP contribution in [0.2, 0.25) is 0 Å². The average molecular weight is 305 g/mol. The van der Waals surface area contributed by atoms with Crippen molar-refractivity contribution >= 4 is 21.6 Å². The molecule has 0 bridgehead atoms. The third-order valence-electron chi connectivity index (χ3n) is 2.91. The van der Waals surface area contributed by atoms with Crippen LogP contribution in [-0.2, 0) is 13.1 Å². The standard InChI is InChI=1S/C15H17BrN2/c1-11-5-6-14(16)8-15(11)18-10-13-4-2-3-12(7-13)9-17/h2-8,18H,9-10,17H2,1H3. The second kappa shape index (κ2) is 6.03. The minimum Gasteiger partial charge on any atom is -0.381 e. The number of benzene rings is 2. The molecule has 0 fully saturated rings. The topological polar surface area (TPSA) is 38.0 Å². The lowest BCUT2D eigenvalue weighted by atomic mass is 10.1. The second-order valence-corrected chi connectivity index (χ2v) is 5.25. The van der Waals surface area contributed by atoms with Gasteiger partial charge in [0, 0.05) is 23.2 Å². The van der Waals surface area contributed by atoms with Crippen molar-refractivity contribution in [3.05, 3.63) is 63.6 Å². The minimum absolute atomic E-state index is 0.587. The predicted octanol–water partition coefficient (Wildman–Crippen LogP) is 3.83. The Hall–Kier alpha value is -1.32. The van der Waals surface area contributed by atoms with Gasteiger partial charge in [-0.3, -0.25) is 0 Å². The zero-order chi connectivity index (χ0) is 13.0. The van der Waals surface area contributed by atoms with E-state index in [-0.39, 0.29) is 0 Å². The third kappa shape index (κ3) is 3.34. The van der Waals surface area contributed by atoms with Gasteiger partial charge >= 0.3 is 0 Å². The van der Waals surface area contributed by atoms with Gasteiger partial charge in [-0.15, -0.1) is 0 Å². The second-order valence-electron chi connectivity index (χ2n) is 4.34. The zero-order valence-electron chi connectivity index (χ0n) is 10.4. The summed E-state index contributed by atoms with van der Waals surface area (Å²) in [6.07, 6.45) is 0. The fraction of sp³-hybridized carbons (Fsp3) is 0.200. The Bertz CT molecular complexity index is 538. The van der Waals surface area contributed by atoms with Crippen LogP contribution in [0.15, 0.2) is 46.9 Å². The molecule has 0 unspecified atom stereocenters. The number of hydrogen-bond donors (Lipinski definition) is 2. The highest BCUT2D eigenvalue weighted by Gasteiger charge is 2.00. The van der Waals surface area contributed by atoms with Gasteiger partial charge in [-0.05, 0) is 35.7 Å². The van der Waals surface area contributed by atoms with E-state index in [0.717, 1.165) is 16.7 Å². The summed E-state index contributed by atoms with van der Waals surface area (Å²) in [6.45, 7) is 3.50. The molecule has 0 radical (unpaired) electrons. The van der Waals surface area contributed by atoms with E-state index < -0.39 is 0 Å². The van der Waals surface area contributed by atoms with Crippen molar-refractivity contribution in [3.63, 3.8) is 0 Å². The third-order valence-corrected chi connectivity index (χ3v) is 3.40. The van der Waals surface area contributed by atoms with E-state index in [4.69, 9.17) is 5.73 Å². The first kappa shape index (κ1) is 13.1. The lowest BCUT2D eigenvalue weighted by molar-refractivity contribution is 1.05. The van der Waals surface area contributed by atoms with E-state index in [1.54, 1.807) is 0 Å². The zero-order valence-corrected chi connectivity index (χ0v) is 12.0. The van der Waals surface area contributed by atoms with E-state index in [0.29, 0.717) is 6.54 Å². The Morgan fingerprint density at radius 2 is 1.89 bits per heavy atom. The molecule has 3 heteroatoms. The summed E-state index contributed by atoms with van der Waals surface area (Å²) in [6, 6.07) is 14.6. The first-order chi connectivity index (χ1) is 8.69. The van der Waals surface area contributed by atoms with Gasteiger partial charge in [0.25, 0.3) is 0 Å². The van der Waals surface area contributed by atoms with Crippen LogP contribution in [0, 0.1) is 6.92 Å². The largest absolute Gasteiger partial charge is 0.381 e. The van der Waals surface area contributed by atoms with Crippen LogP contribution in [0.1, 0.15) is 16.7 Å². The van der Waals surface area contributed by atoms with Crippen molar-refractivity contribution in [3.8, 4) is 0 Å². The van der Waals surface area contributed by atoms with Gasteiger partial charge in [0.15, 0.2) is 0 Å². The highest BCUT2D eigenvalue weighted by Crippen LogP contribution is 2.21. The van der Waals surface area contributed by atoms with Crippen LogP contribution >= 0.6 is 15.9 Å². The summed E-state index contributed by atoms with van der Waals surface area (Å²) in [4.78, 5) is 0. The summed E-state index contributed by atoms with van der Waals surface area (Å²) in [5, 5.41) is 3.45. The van der Waals surface area contributed by atoms with Gasteiger partial charge in [-0.25, -0.2) is 0 Å². The molecule has 0 heterocycles. The summed E-state index contributed by atoms with van der Waals surface area (Å²) in [5.41, 5.74) is 10.5. The Morgan fingerprint density at radius 1 is 1.11 bits per heavy atom. The van der Waals surface area contributed by atoms with E-state index >= 15 is 0 Å². The molecule has 0 spiro atoms. The molecule has 2 aromatic rings. The number of aryl methyl sites for hydroxylation is 1. The van der Waals surface area contributed by atoms with E-state index in [1.807, 2.05) is 12.1 Å². The van der Waals surface area contributed by atoms with Crippen LogP contribution < -0.4 is 11.1 Å². The molecular weight excluding hydrogens is 288 g/mol. The SMILES string of the molecule is Cc1ccc(Br)cc1NCc1cccc(CN)c1. The van der Waals surface area contributed by atoms with Crippen molar-refractivity contribution in [1.29, 1.82) is 0 Å². The molecule has 0 amide bonds. The normalized spacial score (nSPS) is 10.4. The van der Waals surface area contributed by atoms with E-state index in [1.165, 1.54) is 16.7 Å². The number of halogens is 1. The molecule has 3 N–H and O–H groups in total. The summed E-state index contributed by atoms with van der Waals surface area (Å²) >= 11 is 3.49. The van der Waals surface area contributed by atoms with Crippen molar-refractivity contribution in [2.75, 3.05) is 5.32 Å². The Morgan fingerprint density at radius 3 is 2.67 bits per heavy atom. The number of anilines is 1. The predicted molar refractivity (Wildman–Crippen MR) is 80.5 cm³/mol. The molecule has 0 aliphatic heterocycles. The molecule has 0 saturated carbocycles. The summed E-state index contributed by atoms with van der Waals surface area (Å²) in [7, 11) is 0. The molecular formula is C15H17BrN2. The highest BCUT2D eigenvalue weighted by atomic mass is 79.9. The maximum absolute atomic E-state index is 5.64. The van der Waals surface area contributed by atoms with E-state index in [9.17, 15) is 0 Å². The van der Waals surface area contributed by atoms with Gasteiger partial charge in [-0.2, -0.15) is 0 Å². The van der Waals surface area contributed by atoms with Gasteiger partial charge in [0.2, 0.25) is 0 Å². The molecule has 2 rings (SSSR count). The van der Waals surface area contributed by atoms with Gasteiger partial charge in [0.1, 0.15) is 0 Å². The Labute approximate surface area is 116 Å². The fourth-order valence-electron chi connectivity index (χ4n) is 1.85. The molecule has 0 atom stereocenters. The Balaban J connectivity index is 2.08. The van der Waals surface area contributed by atoms with Crippen LogP contribution in [0.25, 0.3) is 0 Å². The monoisotopic (exact) mass is 304 g/mol. The van der Waals surface area contributed by atoms with Crippen molar-refractivity contribution in [2.24, 2.45) is 5.73 Å². The maximum atomic E-state index is 5.64. The quantitative estimate of drug-likeness (QED) is 0.901. The lowest BCUT2D eigenvalue weighted by Crippen LogP contribution is -2.03. The smallest absolute Gasteiger partial charge is 0.0400 e. The lowest BCUT2D eigenvalue weighted by Gasteiger charge is -2.10. The van der Waals surface area contributed by atoms with Gasteiger partial charge in [-0.1, -0.05) is 46.3 Å². The van der Waals surface area contributed by atoms with Crippen molar-refractivity contribution in [1.82, 2.24) is 0 Å². The number of hydrogen-bond acceptors (Lipinski definition) is 2. The number of nitrogens with one attached hydrogen (secondary N) is 1. The fourth-order valence-corrected chi connectivity index (χ4v) is 2.21. The van der Waals surface area contributed by atoms with Gasteiger partial charge < -0.3 is 11.1 Å². The van der Waals surface area contributed by atoms with Crippen LogP contribution in [0.4, 0.5) is 5.69 Å². The molecule has 2 nitrogen and oxygen atoms in total. The molecule has 18 heavy (non-hydrogen) atoms. The Kier molecular flexibility index (Phi) is 4.39. The molecule has 0 aliphatic rings. The molecule has 0 saturated heterocycles. The molecule has 2 aromatic carbocycles. The van der Waals surface area contributed by atoms with Crippen LogP contribution in [0.5, 0.6) is 0 Å². The molecule has 0 aliphatic carbocycles. The first-order valence-corrected chi connectivity index (χ1v) is 6.76. The van der Waals surface area contributed by atoms with E-state index in [2.05, 4.69) is 58.5 Å². The summed E-state index contributed by atoms with van der Waals surface area (Å²) in [5.74, 6) is 0. The number of rotatable bonds is 4. The molecule has 94 valence electrons. The molecule has 0 aromatic heterocycles. The minimum atomic E-state index is 0.587. The highest BCUT2D eigenvalue weighted by molar-refractivity contribution is 9.10. The summed E-state index contributed by atoms with van der Waals surface area (Å²) < 4.78 is 1.09. The maximum Gasteiger partial charge on any atom is 0.0400 e. The average Bonchev–Trinajstić information content (AvgIpc) is 2.40.